The van der Waals surface area contributed by atoms with Crippen LogP contribution in [0.2, 0.25) is 0 Å². The van der Waals surface area contributed by atoms with Crippen LogP contribution < -0.4 is 4.90 Å². The zero-order chi connectivity index (χ0) is 15.2. The summed E-state index contributed by atoms with van der Waals surface area (Å²) in [5, 5.41) is 0. The maximum Gasteiger partial charge on any atom is 0.182 e. The Labute approximate surface area is 127 Å². The SMILES string of the molecule is CCCc1ccc(C(=O)CN(C)c2cccc(C)c2)cc1. The molecule has 0 saturated heterocycles. The van der Waals surface area contributed by atoms with E-state index in [2.05, 4.69) is 38.1 Å². The fraction of sp³-hybridized carbons (Fsp3) is 0.316. The molecule has 0 amide bonds. The van der Waals surface area contributed by atoms with Gasteiger partial charge in [0.25, 0.3) is 0 Å². The summed E-state index contributed by atoms with van der Waals surface area (Å²) < 4.78 is 0. The molecule has 0 heterocycles. The molecule has 0 atom stereocenters. The van der Waals surface area contributed by atoms with E-state index in [1.807, 2.05) is 36.2 Å². The van der Waals surface area contributed by atoms with Crippen molar-refractivity contribution in [1.29, 1.82) is 0 Å². The minimum atomic E-state index is 0.155. The molecular formula is C19H23NO. The van der Waals surface area contributed by atoms with Crippen LogP contribution >= 0.6 is 0 Å². The zero-order valence-corrected chi connectivity index (χ0v) is 13.1. The molecule has 0 radical (unpaired) electrons. The van der Waals surface area contributed by atoms with Crippen molar-refractivity contribution in [3.05, 3.63) is 65.2 Å². The van der Waals surface area contributed by atoms with Crippen LogP contribution in [0, 0.1) is 6.92 Å². The van der Waals surface area contributed by atoms with Crippen molar-refractivity contribution in [2.24, 2.45) is 0 Å². The Morgan fingerprint density at radius 3 is 2.43 bits per heavy atom. The van der Waals surface area contributed by atoms with Crippen LogP contribution in [0.3, 0.4) is 0 Å². The molecule has 0 aliphatic rings. The molecule has 0 aliphatic carbocycles. The van der Waals surface area contributed by atoms with Gasteiger partial charge in [0.2, 0.25) is 0 Å². The van der Waals surface area contributed by atoms with Crippen molar-refractivity contribution >= 4 is 11.5 Å². The highest BCUT2D eigenvalue weighted by Gasteiger charge is 2.10. The highest BCUT2D eigenvalue weighted by atomic mass is 16.1. The fourth-order valence-electron chi connectivity index (χ4n) is 2.41. The third kappa shape index (κ3) is 4.19. The lowest BCUT2D eigenvalue weighted by Crippen LogP contribution is -2.25. The maximum atomic E-state index is 12.3. The van der Waals surface area contributed by atoms with Gasteiger partial charge in [0.15, 0.2) is 5.78 Å². The number of carbonyl (C=O) groups is 1. The number of nitrogens with zero attached hydrogens (tertiary/aromatic N) is 1. The summed E-state index contributed by atoms with van der Waals surface area (Å²) in [6.45, 7) is 4.62. The van der Waals surface area contributed by atoms with Crippen LogP contribution in [0.15, 0.2) is 48.5 Å². The topological polar surface area (TPSA) is 20.3 Å². The number of Topliss-reactive ketones (excluding diaryl/α,β-unsaturated/α-hetero) is 1. The van der Waals surface area contributed by atoms with Crippen molar-refractivity contribution in [3.8, 4) is 0 Å². The summed E-state index contributed by atoms with van der Waals surface area (Å²) in [5.74, 6) is 0.155. The molecule has 0 fully saturated rings. The average molecular weight is 281 g/mol. The molecule has 0 unspecified atom stereocenters. The van der Waals surface area contributed by atoms with E-state index in [1.54, 1.807) is 0 Å². The van der Waals surface area contributed by atoms with Gasteiger partial charge < -0.3 is 4.90 Å². The Hall–Kier alpha value is -2.09. The highest BCUT2D eigenvalue weighted by Crippen LogP contribution is 2.15. The summed E-state index contributed by atoms with van der Waals surface area (Å²) in [7, 11) is 1.96. The Kier molecular flexibility index (Phi) is 5.15. The van der Waals surface area contributed by atoms with Crippen molar-refractivity contribution < 1.29 is 4.79 Å². The highest BCUT2D eigenvalue weighted by molar-refractivity contribution is 5.99. The average Bonchev–Trinajstić information content (AvgIpc) is 2.48. The number of benzene rings is 2. The summed E-state index contributed by atoms with van der Waals surface area (Å²) in [5.41, 5.74) is 4.36. The maximum absolute atomic E-state index is 12.3. The molecule has 0 aliphatic heterocycles. The lowest BCUT2D eigenvalue weighted by molar-refractivity contribution is 0.100. The van der Waals surface area contributed by atoms with E-state index in [1.165, 1.54) is 11.1 Å². The van der Waals surface area contributed by atoms with Gasteiger partial charge in [-0.2, -0.15) is 0 Å². The zero-order valence-electron chi connectivity index (χ0n) is 13.1. The van der Waals surface area contributed by atoms with Gasteiger partial charge in [-0.05, 0) is 36.6 Å². The second-order valence-corrected chi connectivity index (χ2v) is 5.57. The van der Waals surface area contributed by atoms with Gasteiger partial charge in [-0.25, -0.2) is 0 Å². The Bertz CT molecular complexity index is 601. The molecule has 0 saturated carbocycles. The third-order valence-electron chi connectivity index (χ3n) is 3.64. The molecule has 2 rings (SSSR count). The van der Waals surface area contributed by atoms with Crippen molar-refractivity contribution in [1.82, 2.24) is 0 Å². The second kappa shape index (κ2) is 7.07. The van der Waals surface area contributed by atoms with E-state index in [4.69, 9.17) is 0 Å². The van der Waals surface area contributed by atoms with Gasteiger partial charge in [0, 0.05) is 18.3 Å². The molecular weight excluding hydrogens is 258 g/mol. The van der Waals surface area contributed by atoms with Crippen LogP contribution in [0.25, 0.3) is 0 Å². The summed E-state index contributed by atoms with van der Waals surface area (Å²) >= 11 is 0. The molecule has 2 aromatic rings. The number of carbonyl (C=O) groups excluding carboxylic acids is 1. The Morgan fingerprint density at radius 2 is 1.81 bits per heavy atom. The van der Waals surface area contributed by atoms with Crippen LogP contribution in [0.5, 0.6) is 0 Å². The van der Waals surface area contributed by atoms with E-state index in [0.29, 0.717) is 6.54 Å². The first kappa shape index (κ1) is 15.3. The van der Waals surface area contributed by atoms with E-state index < -0.39 is 0 Å². The molecule has 2 nitrogen and oxygen atoms in total. The van der Waals surface area contributed by atoms with Crippen LogP contribution in [0.4, 0.5) is 5.69 Å². The van der Waals surface area contributed by atoms with Gasteiger partial charge in [0.05, 0.1) is 6.54 Å². The van der Waals surface area contributed by atoms with Gasteiger partial charge in [0.1, 0.15) is 0 Å². The molecule has 21 heavy (non-hydrogen) atoms. The van der Waals surface area contributed by atoms with E-state index in [9.17, 15) is 4.79 Å². The predicted molar refractivity (Wildman–Crippen MR) is 89.2 cm³/mol. The number of anilines is 1. The second-order valence-electron chi connectivity index (χ2n) is 5.57. The normalized spacial score (nSPS) is 10.4. The van der Waals surface area contributed by atoms with Crippen molar-refractivity contribution in [3.63, 3.8) is 0 Å². The van der Waals surface area contributed by atoms with Gasteiger partial charge in [-0.1, -0.05) is 49.7 Å². The minimum absolute atomic E-state index is 0.155. The Balaban J connectivity index is 2.03. The summed E-state index contributed by atoms with van der Waals surface area (Å²) in [6, 6.07) is 16.2. The summed E-state index contributed by atoms with van der Waals surface area (Å²) in [4.78, 5) is 14.3. The van der Waals surface area contributed by atoms with Gasteiger partial charge >= 0.3 is 0 Å². The standard InChI is InChI=1S/C19H23NO/c1-4-6-16-9-11-17(12-10-16)19(21)14-20(3)18-8-5-7-15(2)13-18/h5,7-13H,4,6,14H2,1-3H3. The lowest BCUT2D eigenvalue weighted by Gasteiger charge is -2.19. The molecule has 2 heteroatoms. The van der Waals surface area contributed by atoms with E-state index >= 15 is 0 Å². The van der Waals surface area contributed by atoms with Crippen LogP contribution in [-0.4, -0.2) is 19.4 Å². The van der Waals surface area contributed by atoms with Crippen molar-refractivity contribution in [2.45, 2.75) is 26.7 Å². The minimum Gasteiger partial charge on any atom is -0.367 e. The molecule has 0 aromatic heterocycles. The van der Waals surface area contributed by atoms with Crippen LogP contribution in [0.1, 0.15) is 34.8 Å². The number of likely N-dealkylation sites (N-methyl/N-ethyl adjacent to an activating group) is 1. The first-order valence-electron chi connectivity index (χ1n) is 7.50. The third-order valence-corrected chi connectivity index (χ3v) is 3.64. The number of aryl methyl sites for hydroxylation is 2. The number of ketones is 1. The number of hydrogen-bond donors (Lipinski definition) is 0. The van der Waals surface area contributed by atoms with Crippen molar-refractivity contribution in [2.75, 3.05) is 18.5 Å². The summed E-state index contributed by atoms with van der Waals surface area (Å²) in [6.07, 6.45) is 2.20. The quantitative estimate of drug-likeness (QED) is 0.737. The molecule has 110 valence electrons. The first-order chi connectivity index (χ1) is 10.1. The Morgan fingerprint density at radius 1 is 1.10 bits per heavy atom. The molecule has 2 aromatic carbocycles. The molecule has 0 spiro atoms. The number of hydrogen-bond acceptors (Lipinski definition) is 2. The van der Waals surface area contributed by atoms with E-state index in [0.717, 1.165) is 24.1 Å². The van der Waals surface area contributed by atoms with E-state index in [-0.39, 0.29) is 5.78 Å². The molecule has 0 N–H and O–H groups in total. The monoisotopic (exact) mass is 281 g/mol. The fourth-order valence-corrected chi connectivity index (χ4v) is 2.41. The van der Waals surface area contributed by atoms with Gasteiger partial charge in [-0.15, -0.1) is 0 Å². The largest absolute Gasteiger partial charge is 0.367 e. The smallest absolute Gasteiger partial charge is 0.182 e. The van der Waals surface area contributed by atoms with Gasteiger partial charge in [-0.3, -0.25) is 4.79 Å². The molecule has 0 bridgehead atoms. The predicted octanol–water partition coefficient (Wildman–Crippen LogP) is 4.27. The lowest BCUT2D eigenvalue weighted by atomic mass is 10.0. The first-order valence-corrected chi connectivity index (χ1v) is 7.50. The number of rotatable bonds is 6. The van der Waals surface area contributed by atoms with Crippen LogP contribution in [-0.2, 0) is 6.42 Å².